The molecule has 0 unspecified atom stereocenters. The molecule has 0 radical (unpaired) electrons. The number of carbonyl (C=O) groups is 1. The van der Waals surface area contributed by atoms with Gasteiger partial charge < -0.3 is 10.6 Å². The van der Waals surface area contributed by atoms with Crippen LogP contribution in [0, 0.1) is 11.8 Å². The van der Waals surface area contributed by atoms with Gasteiger partial charge in [-0.25, -0.2) is 0 Å². The SMILES string of the molecule is CN(Cc1csc(C#CCN)c1)C(=O)Cc1ccccn1. The van der Waals surface area contributed by atoms with Gasteiger partial charge in [0.1, 0.15) is 0 Å². The summed E-state index contributed by atoms with van der Waals surface area (Å²) >= 11 is 1.57. The third-order valence-electron chi connectivity index (χ3n) is 2.87. The Labute approximate surface area is 128 Å². The average Bonchev–Trinajstić information content (AvgIpc) is 2.93. The van der Waals surface area contributed by atoms with Crippen molar-refractivity contribution in [3.63, 3.8) is 0 Å². The quantitative estimate of drug-likeness (QED) is 0.873. The maximum atomic E-state index is 12.1. The van der Waals surface area contributed by atoms with Gasteiger partial charge in [0.25, 0.3) is 0 Å². The lowest BCUT2D eigenvalue weighted by Gasteiger charge is -2.16. The van der Waals surface area contributed by atoms with Crippen LogP contribution in [0.3, 0.4) is 0 Å². The van der Waals surface area contributed by atoms with E-state index in [-0.39, 0.29) is 5.91 Å². The predicted molar refractivity (Wildman–Crippen MR) is 84.7 cm³/mol. The van der Waals surface area contributed by atoms with Crippen LogP contribution in [0.1, 0.15) is 16.1 Å². The van der Waals surface area contributed by atoms with E-state index in [1.54, 1.807) is 29.5 Å². The second-order valence-corrected chi connectivity index (χ2v) is 5.48. The molecule has 5 heteroatoms. The van der Waals surface area contributed by atoms with Gasteiger partial charge in [-0.1, -0.05) is 17.9 Å². The molecule has 2 rings (SSSR count). The van der Waals surface area contributed by atoms with Crippen molar-refractivity contribution in [2.75, 3.05) is 13.6 Å². The third-order valence-corrected chi connectivity index (χ3v) is 3.77. The molecule has 2 aromatic heterocycles. The lowest BCUT2D eigenvalue weighted by molar-refractivity contribution is -0.129. The van der Waals surface area contributed by atoms with Crippen molar-refractivity contribution in [3.05, 3.63) is 52.0 Å². The van der Waals surface area contributed by atoms with Crippen LogP contribution in [-0.2, 0) is 17.8 Å². The molecule has 21 heavy (non-hydrogen) atoms. The average molecular weight is 299 g/mol. The molecule has 0 aliphatic rings. The van der Waals surface area contributed by atoms with Gasteiger partial charge in [0.05, 0.1) is 17.8 Å². The standard InChI is InChI=1S/C16H17N3OS/c1-19(16(20)10-14-5-2-3-8-18-14)11-13-9-15(21-12-13)6-4-7-17/h2-3,5,8-9,12H,7,10-11,17H2,1H3. The van der Waals surface area contributed by atoms with Crippen LogP contribution in [0.5, 0.6) is 0 Å². The number of carbonyl (C=O) groups excluding carboxylic acids is 1. The van der Waals surface area contributed by atoms with Crippen LogP contribution in [0.15, 0.2) is 35.8 Å². The number of rotatable bonds is 4. The van der Waals surface area contributed by atoms with E-state index in [4.69, 9.17) is 5.73 Å². The molecule has 0 atom stereocenters. The van der Waals surface area contributed by atoms with E-state index in [0.717, 1.165) is 16.1 Å². The van der Waals surface area contributed by atoms with Crippen LogP contribution in [0.25, 0.3) is 0 Å². The molecule has 0 aromatic carbocycles. The summed E-state index contributed by atoms with van der Waals surface area (Å²) in [7, 11) is 1.80. The summed E-state index contributed by atoms with van der Waals surface area (Å²) in [5, 5.41) is 2.02. The summed E-state index contributed by atoms with van der Waals surface area (Å²) in [5.74, 6) is 5.87. The Morgan fingerprint density at radius 3 is 3.05 bits per heavy atom. The topological polar surface area (TPSA) is 59.2 Å². The van der Waals surface area contributed by atoms with Crippen molar-refractivity contribution >= 4 is 17.2 Å². The van der Waals surface area contributed by atoms with Crippen molar-refractivity contribution in [2.45, 2.75) is 13.0 Å². The van der Waals surface area contributed by atoms with Gasteiger partial charge in [-0.05, 0) is 29.1 Å². The molecule has 0 saturated carbocycles. The Morgan fingerprint density at radius 1 is 1.48 bits per heavy atom. The van der Waals surface area contributed by atoms with Crippen LogP contribution in [0.2, 0.25) is 0 Å². The molecule has 0 fully saturated rings. The number of aromatic nitrogens is 1. The highest BCUT2D eigenvalue weighted by Gasteiger charge is 2.11. The summed E-state index contributed by atoms with van der Waals surface area (Å²) in [6.45, 7) is 0.933. The maximum Gasteiger partial charge on any atom is 0.228 e. The first kappa shape index (κ1) is 15.2. The van der Waals surface area contributed by atoms with Crippen molar-refractivity contribution in [1.82, 2.24) is 9.88 Å². The summed E-state index contributed by atoms with van der Waals surface area (Å²) in [5.41, 5.74) is 7.22. The molecule has 0 saturated heterocycles. The van der Waals surface area contributed by atoms with E-state index < -0.39 is 0 Å². The predicted octanol–water partition coefficient (Wildman–Crippen LogP) is 1.65. The number of hydrogen-bond acceptors (Lipinski definition) is 4. The number of thiophene rings is 1. The molecule has 4 nitrogen and oxygen atoms in total. The molecule has 2 aromatic rings. The molecule has 0 bridgehead atoms. The number of nitrogens with zero attached hydrogens (tertiary/aromatic N) is 2. The highest BCUT2D eigenvalue weighted by Crippen LogP contribution is 2.15. The third kappa shape index (κ3) is 4.71. The Kier molecular flexibility index (Phi) is 5.50. The van der Waals surface area contributed by atoms with E-state index in [1.165, 1.54) is 0 Å². The summed E-state index contributed by atoms with van der Waals surface area (Å²) < 4.78 is 0. The maximum absolute atomic E-state index is 12.1. The van der Waals surface area contributed by atoms with Crippen LogP contribution < -0.4 is 5.73 Å². The molecule has 0 spiro atoms. The minimum absolute atomic E-state index is 0.0505. The largest absolute Gasteiger partial charge is 0.341 e. The first-order valence-electron chi connectivity index (χ1n) is 6.59. The molecule has 0 aliphatic carbocycles. The fourth-order valence-corrected chi connectivity index (χ4v) is 2.59. The highest BCUT2D eigenvalue weighted by atomic mass is 32.1. The van der Waals surface area contributed by atoms with E-state index >= 15 is 0 Å². The van der Waals surface area contributed by atoms with Crippen molar-refractivity contribution in [1.29, 1.82) is 0 Å². The number of nitrogens with two attached hydrogens (primary N) is 1. The summed E-state index contributed by atoms with van der Waals surface area (Å²) in [4.78, 5) is 19.0. The molecule has 108 valence electrons. The van der Waals surface area contributed by atoms with E-state index in [0.29, 0.717) is 19.5 Å². The normalized spacial score (nSPS) is 9.81. The van der Waals surface area contributed by atoms with E-state index in [9.17, 15) is 4.79 Å². The van der Waals surface area contributed by atoms with Crippen molar-refractivity contribution in [3.8, 4) is 11.8 Å². The van der Waals surface area contributed by atoms with Gasteiger partial charge in [0, 0.05) is 25.5 Å². The van der Waals surface area contributed by atoms with Gasteiger partial charge in [-0.15, -0.1) is 11.3 Å². The number of pyridine rings is 1. The van der Waals surface area contributed by atoms with Gasteiger partial charge >= 0.3 is 0 Å². The summed E-state index contributed by atoms with van der Waals surface area (Å²) in [6.07, 6.45) is 2.02. The lowest BCUT2D eigenvalue weighted by atomic mass is 10.2. The second-order valence-electron chi connectivity index (χ2n) is 4.57. The van der Waals surface area contributed by atoms with Crippen LogP contribution in [-0.4, -0.2) is 29.4 Å². The van der Waals surface area contributed by atoms with E-state index in [1.807, 2.05) is 29.6 Å². The van der Waals surface area contributed by atoms with Crippen molar-refractivity contribution in [2.24, 2.45) is 5.73 Å². The monoisotopic (exact) mass is 299 g/mol. The second kappa shape index (κ2) is 7.58. The first-order chi connectivity index (χ1) is 10.2. The van der Waals surface area contributed by atoms with Gasteiger partial charge in [0.2, 0.25) is 5.91 Å². The van der Waals surface area contributed by atoms with Gasteiger partial charge in [-0.3, -0.25) is 9.78 Å². The zero-order chi connectivity index (χ0) is 15.1. The Morgan fingerprint density at radius 2 is 2.33 bits per heavy atom. The van der Waals surface area contributed by atoms with Gasteiger partial charge in [-0.2, -0.15) is 0 Å². The Balaban J connectivity index is 1.93. The zero-order valence-corrected chi connectivity index (χ0v) is 12.7. The smallest absolute Gasteiger partial charge is 0.228 e. The minimum Gasteiger partial charge on any atom is -0.341 e. The Bertz CT molecular complexity index is 655. The van der Waals surface area contributed by atoms with Gasteiger partial charge in [0.15, 0.2) is 0 Å². The molecular weight excluding hydrogens is 282 g/mol. The molecular formula is C16H17N3OS. The number of likely N-dealkylation sites (N-methyl/N-ethyl adjacent to an activating group) is 1. The Hall–Kier alpha value is -2.16. The van der Waals surface area contributed by atoms with Crippen molar-refractivity contribution < 1.29 is 4.79 Å². The van der Waals surface area contributed by atoms with Crippen LogP contribution >= 0.6 is 11.3 Å². The van der Waals surface area contributed by atoms with E-state index in [2.05, 4.69) is 16.8 Å². The van der Waals surface area contributed by atoms with Crippen LogP contribution in [0.4, 0.5) is 0 Å². The zero-order valence-electron chi connectivity index (χ0n) is 11.9. The molecule has 2 heterocycles. The molecule has 1 amide bonds. The fraction of sp³-hybridized carbons (Fsp3) is 0.250. The number of hydrogen-bond donors (Lipinski definition) is 1. The lowest BCUT2D eigenvalue weighted by Crippen LogP contribution is -2.27. The summed E-state index contributed by atoms with van der Waals surface area (Å²) in [6, 6.07) is 7.58. The first-order valence-corrected chi connectivity index (χ1v) is 7.47. The molecule has 0 aliphatic heterocycles. The highest BCUT2D eigenvalue weighted by molar-refractivity contribution is 7.10. The molecule has 2 N–H and O–H groups in total. The fourth-order valence-electron chi connectivity index (χ4n) is 1.82. The minimum atomic E-state index is 0.0505. The number of amides is 1.